The first-order valence-corrected chi connectivity index (χ1v) is 10.8. The van der Waals surface area contributed by atoms with Gasteiger partial charge < -0.3 is 19.3 Å². The summed E-state index contributed by atoms with van der Waals surface area (Å²) in [5, 5.41) is 12.0. The van der Waals surface area contributed by atoms with E-state index in [9.17, 15) is 14.7 Å². The number of ether oxygens (including phenoxy) is 1. The summed E-state index contributed by atoms with van der Waals surface area (Å²) in [7, 11) is 0. The van der Waals surface area contributed by atoms with E-state index >= 15 is 0 Å². The Bertz CT molecular complexity index is 1440. The highest BCUT2D eigenvalue weighted by Gasteiger charge is 2.45. The van der Waals surface area contributed by atoms with E-state index in [4.69, 9.17) is 9.72 Å². The van der Waals surface area contributed by atoms with Crippen LogP contribution in [0.1, 0.15) is 43.9 Å². The SMILES string of the molecule is CCC1(O)C(=O)OCc2c1cc1n(c2=O)Cc2c-1nc1cccc3c1c2N(C(C)C)C=N3. The smallest absolute Gasteiger partial charge is 0.343 e. The molecule has 0 aliphatic carbocycles. The number of hydrogen-bond acceptors (Lipinski definition) is 7. The second-order valence-corrected chi connectivity index (χ2v) is 8.81. The van der Waals surface area contributed by atoms with Crippen LogP contribution in [0, 0.1) is 0 Å². The molecule has 0 saturated heterocycles. The van der Waals surface area contributed by atoms with Crippen LogP contribution in [0.3, 0.4) is 0 Å². The quantitative estimate of drug-likeness (QED) is 0.491. The van der Waals surface area contributed by atoms with Crippen LogP contribution < -0.4 is 10.5 Å². The van der Waals surface area contributed by atoms with Gasteiger partial charge in [-0.25, -0.2) is 14.8 Å². The van der Waals surface area contributed by atoms with Gasteiger partial charge in [0.25, 0.3) is 5.56 Å². The molecule has 1 unspecified atom stereocenters. The third-order valence-electron chi connectivity index (χ3n) is 6.80. The molecule has 8 heteroatoms. The third-order valence-corrected chi connectivity index (χ3v) is 6.80. The van der Waals surface area contributed by atoms with E-state index in [-0.39, 0.29) is 24.6 Å². The predicted molar refractivity (Wildman–Crippen MR) is 120 cm³/mol. The summed E-state index contributed by atoms with van der Waals surface area (Å²) in [4.78, 5) is 37.5. The van der Waals surface area contributed by atoms with Gasteiger partial charge in [0.1, 0.15) is 6.61 Å². The molecule has 0 fully saturated rings. The zero-order valence-electron chi connectivity index (χ0n) is 18.0. The second-order valence-electron chi connectivity index (χ2n) is 8.81. The number of anilines is 1. The Morgan fingerprint density at radius 3 is 2.81 bits per heavy atom. The molecule has 0 spiro atoms. The fourth-order valence-corrected chi connectivity index (χ4v) is 5.05. The fraction of sp³-hybridized carbons (Fsp3) is 0.333. The van der Waals surface area contributed by atoms with Crippen molar-refractivity contribution in [1.82, 2.24) is 9.55 Å². The fourth-order valence-electron chi connectivity index (χ4n) is 5.05. The molecule has 0 radical (unpaired) electrons. The normalized spacial score (nSPS) is 20.4. The topological polar surface area (TPSA) is 97.0 Å². The summed E-state index contributed by atoms with van der Waals surface area (Å²) in [6, 6.07) is 7.74. The Balaban J connectivity index is 1.68. The molecule has 0 bridgehead atoms. The van der Waals surface area contributed by atoms with Crippen molar-refractivity contribution in [3.63, 3.8) is 0 Å². The Kier molecular flexibility index (Phi) is 3.75. The summed E-state index contributed by atoms with van der Waals surface area (Å²) >= 11 is 0. The highest BCUT2D eigenvalue weighted by atomic mass is 16.6. The van der Waals surface area contributed by atoms with Gasteiger partial charge in [-0.05, 0) is 38.5 Å². The van der Waals surface area contributed by atoms with Crippen molar-refractivity contribution in [1.29, 1.82) is 0 Å². The lowest BCUT2D eigenvalue weighted by molar-refractivity contribution is -0.172. The Morgan fingerprint density at radius 2 is 2.06 bits per heavy atom. The number of benzene rings is 1. The largest absolute Gasteiger partial charge is 0.458 e. The van der Waals surface area contributed by atoms with Crippen LogP contribution in [0.15, 0.2) is 34.1 Å². The number of carbonyl (C=O) groups excluding carboxylic acids is 1. The predicted octanol–water partition coefficient (Wildman–Crippen LogP) is 2.97. The van der Waals surface area contributed by atoms with Gasteiger partial charge >= 0.3 is 5.97 Å². The van der Waals surface area contributed by atoms with Crippen LogP contribution in [0.5, 0.6) is 0 Å². The van der Waals surface area contributed by atoms with Crippen molar-refractivity contribution in [2.45, 2.75) is 52.0 Å². The Hall–Kier alpha value is -3.52. The zero-order valence-corrected chi connectivity index (χ0v) is 18.0. The summed E-state index contributed by atoms with van der Waals surface area (Å²) in [5.41, 5.74) is 3.46. The van der Waals surface area contributed by atoms with Crippen LogP contribution in [-0.4, -0.2) is 33.0 Å². The van der Waals surface area contributed by atoms with Crippen molar-refractivity contribution < 1.29 is 14.6 Å². The average molecular weight is 430 g/mol. The maximum Gasteiger partial charge on any atom is 0.343 e. The molecular weight excluding hydrogens is 408 g/mol. The van der Waals surface area contributed by atoms with E-state index in [1.165, 1.54) is 0 Å². The van der Waals surface area contributed by atoms with Crippen LogP contribution in [0.4, 0.5) is 11.4 Å². The highest BCUT2D eigenvalue weighted by Crippen LogP contribution is 2.46. The van der Waals surface area contributed by atoms with Crippen molar-refractivity contribution in [3.05, 3.63) is 51.3 Å². The van der Waals surface area contributed by atoms with E-state index in [1.807, 2.05) is 24.5 Å². The van der Waals surface area contributed by atoms with Crippen molar-refractivity contribution >= 4 is 34.6 Å². The standard InChI is InChI=1S/C24H22N4O4/c1-4-24(31)15-8-18-20-13(9-27(18)22(29)14(15)10-32-23(24)30)21-19-16(6-5-7-17(19)26-20)25-11-28(21)12(2)3/h5-8,11-12,31H,4,9-10H2,1-3H3. The number of aromatic nitrogens is 2. The average Bonchev–Trinajstić information content (AvgIpc) is 3.16. The molecule has 3 aromatic rings. The lowest BCUT2D eigenvalue weighted by Crippen LogP contribution is -2.44. The van der Waals surface area contributed by atoms with Gasteiger partial charge in [-0.15, -0.1) is 0 Å². The number of nitrogens with zero attached hydrogens (tertiary/aromatic N) is 4. The molecular formula is C24H22N4O4. The minimum Gasteiger partial charge on any atom is -0.458 e. The lowest BCUT2D eigenvalue weighted by Gasteiger charge is -2.31. The highest BCUT2D eigenvalue weighted by molar-refractivity contribution is 6.11. The number of aliphatic imine (C=N–C) groups is 1. The van der Waals surface area contributed by atoms with Crippen molar-refractivity contribution in [2.24, 2.45) is 4.99 Å². The molecule has 5 heterocycles. The van der Waals surface area contributed by atoms with E-state index in [0.29, 0.717) is 29.1 Å². The first kappa shape index (κ1) is 19.2. The molecule has 32 heavy (non-hydrogen) atoms. The van der Waals surface area contributed by atoms with Gasteiger partial charge in [-0.3, -0.25) is 4.79 Å². The Morgan fingerprint density at radius 1 is 1.25 bits per heavy atom. The summed E-state index contributed by atoms with van der Waals surface area (Å²) in [6.45, 7) is 6.11. The first-order chi connectivity index (χ1) is 15.3. The number of aliphatic hydroxyl groups is 1. The van der Waals surface area contributed by atoms with Gasteiger partial charge in [0.15, 0.2) is 5.60 Å². The monoisotopic (exact) mass is 430 g/mol. The maximum atomic E-state index is 13.5. The number of rotatable bonds is 2. The number of carbonyl (C=O) groups is 1. The molecule has 0 saturated carbocycles. The van der Waals surface area contributed by atoms with E-state index in [2.05, 4.69) is 23.7 Å². The van der Waals surface area contributed by atoms with Crippen LogP contribution in [-0.2, 0) is 28.3 Å². The molecule has 1 atom stereocenters. The van der Waals surface area contributed by atoms with Gasteiger partial charge in [0.2, 0.25) is 0 Å². The maximum absolute atomic E-state index is 13.5. The second kappa shape index (κ2) is 6.26. The Labute approximate surface area is 183 Å². The molecule has 6 rings (SSSR count). The molecule has 2 aromatic heterocycles. The minimum absolute atomic E-state index is 0.117. The molecule has 8 nitrogen and oxygen atoms in total. The molecule has 3 aliphatic rings. The van der Waals surface area contributed by atoms with Crippen LogP contribution in [0.2, 0.25) is 0 Å². The third kappa shape index (κ3) is 2.25. The number of pyridine rings is 2. The van der Waals surface area contributed by atoms with Crippen LogP contribution >= 0.6 is 0 Å². The van der Waals surface area contributed by atoms with Gasteiger partial charge in [0, 0.05) is 17.2 Å². The lowest BCUT2D eigenvalue weighted by atomic mass is 9.86. The minimum atomic E-state index is -1.83. The van der Waals surface area contributed by atoms with E-state index in [1.54, 1.807) is 17.6 Å². The van der Waals surface area contributed by atoms with Gasteiger partial charge in [-0.2, -0.15) is 0 Å². The summed E-state index contributed by atoms with van der Waals surface area (Å²) in [5.74, 6) is -0.719. The summed E-state index contributed by atoms with van der Waals surface area (Å²) < 4.78 is 6.84. The van der Waals surface area contributed by atoms with Crippen LogP contribution in [0.25, 0.3) is 22.3 Å². The molecule has 0 amide bonds. The molecule has 1 N–H and O–H groups in total. The van der Waals surface area contributed by atoms with E-state index < -0.39 is 11.6 Å². The van der Waals surface area contributed by atoms with E-state index in [0.717, 1.165) is 27.8 Å². The first-order valence-electron chi connectivity index (χ1n) is 10.8. The molecule has 3 aliphatic heterocycles. The number of fused-ring (bicyclic) bond motifs is 5. The zero-order chi connectivity index (χ0) is 22.4. The molecule has 1 aromatic carbocycles. The molecule has 162 valence electrons. The number of hydrogen-bond donors (Lipinski definition) is 1. The van der Waals surface area contributed by atoms with Gasteiger partial charge in [-0.1, -0.05) is 13.0 Å². The van der Waals surface area contributed by atoms with Crippen molar-refractivity contribution in [3.8, 4) is 11.4 Å². The number of cyclic esters (lactones) is 1. The number of esters is 1. The van der Waals surface area contributed by atoms with Gasteiger partial charge in [0.05, 0.1) is 52.1 Å². The van der Waals surface area contributed by atoms with Crippen molar-refractivity contribution in [2.75, 3.05) is 4.90 Å². The summed E-state index contributed by atoms with van der Waals surface area (Å²) in [6.07, 6.45) is 1.95.